The fraction of sp³-hybridized carbons (Fsp3) is 0.800. The fourth-order valence-corrected chi connectivity index (χ4v) is 0.371. The standard InChI is InChI=1S/C5H10O4/c1-3(7)5(9)4(8)2-6/h4-6,8-9H,2H2,1H3/t4-,5-/m0/s1. The molecule has 9 heavy (non-hydrogen) atoms. The average molecular weight is 134 g/mol. The number of aliphatic hydroxyl groups is 3. The Labute approximate surface area is 52.7 Å². The Bertz CT molecular complexity index is 101. The molecule has 0 heterocycles. The van der Waals surface area contributed by atoms with Crippen molar-refractivity contribution in [3.63, 3.8) is 0 Å². The van der Waals surface area contributed by atoms with Crippen molar-refractivity contribution in [3.8, 4) is 0 Å². The number of rotatable bonds is 3. The van der Waals surface area contributed by atoms with Crippen molar-refractivity contribution in [1.82, 2.24) is 0 Å². The SMILES string of the molecule is CC(=O)[C@H](O)[C@@H](O)CO. The maximum absolute atomic E-state index is 10.2. The zero-order valence-corrected chi connectivity index (χ0v) is 5.11. The van der Waals surface area contributed by atoms with Crippen molar-refractivity contribution in [2.24, 2.45) is 0 Å². The van der Waals surface area contributed by atoms with Gasteiger partial charge in [-0.2, -0.15) is 0 Å². The molecule has 0 aliphatic carbocycles. The highest BCUT2D eigenvalue weighted by molar-refractivity contribution is 5.80. The van der Waals surface area contributed by atoms with Crippen LogP contribution < -0.4 is 0 Å². The lowest BCUT2D eigenvalue weighted by atomic mass is 10.1. The first-order chi connectivity index (χ1) is 4.09. The van der Waals surface area contributed by atoms with Gasteiger partial charge in [0.15, 0.2) is 5.78 Å². The Morgan fingerprint density at radius 3 is 2.11 bits per heavy atom. The summed E-state index contributed by atoms with van der Waals surface area (Å²) in [4.78, 5) is 10.2. The van der Waals surface area contributed by atoms with E-state index in [4.69, 9.17) is 15.3 Å². The summed E-state index contributed by atoms with van der Waals surface area (Å²) >= 11 is 0. The van der Waals surface area contributed by atoms with E-state index in [2.05, 4.69) is 0 Å². The van der Waals surface area contributed by atoms with E-state index >= 15 is 0 Å². The quantitative estimate of drug-likeness (QED) is 0.429. The van der Waals surface area contributed by atoms with Crippen LogP contribution in [0.1, 0.15) is 6.92 Å². The summed E-state index contributed by atoms with van der Waals surface area (Å²) in [6.45, 7) is 0.546. The Hall–Kier alpha value is -0.450. The molecule has 2 atom stereocenters. The summed E-state index contributed by atoms with van der Waals surface area (Å²) < 4.78 is 0. The lowest BCUT2D eigenvalue weighted by Crippen LogP contribution is -2.34. The van der Waals surface area contributed by atoms with Crippen molar-refractivity contribution in [1.29, 1.82) is 0 Å². The Kier molecular flexibility index (Phi) is 3.37. The molecule has 0 rings (SSSR count). The number of hydrogen-bond donors (Lipinski definition) is 3. The summed E-state index contributed by atoms with van der Waals surface area (Å²) in [5.74, 6) is -0.545. The lowest BCUT2D eigenvalue weighted by molar-refractivity contribution is -0.132. The van der Waals surface area contributed by atoms with Gasteiger partial charge in [0.05, 0.1) is 6.61 Å². The van der Waals surface area contributed by atoms with E-state index in [0.717, 1.165) is 6.92 Å². The zero-order chi connectivity index (χ0) is 7.44. The highest BCUT2D eigenvalue weighted by Crippen LogP contribution is 1.92. The van der Waals surface area contributed by atoms with Crippen LogP contribution in [0, 0.1) is 0 Å². The third-order valence-corrected chi connectivity index (χ3v) is 0.968. The molecule has 3 N–H and O–H groups in total. The highest BCUT2D eigenvalue weighted by Gasteiger charge is 2.18. The molecule has 0 aliphatic rings. The second kappa shape index (κ2) is 3.55. The van der Waals surface area contributed by atoms with Crippen LogP contribution in [0.15, 0.2) is 0 Å². The Morgan fingerprint density at radius 1 is 1.56 bits per heavy atom. The van der Waals surface area contributed by atoms with Crippen LogP contribution in [0.25, 0.3) is 0 Å². The molecule has 0 aromatic heterocycles. The number of hydrogen-bond acceptors (Lipinski definition) is 4. The molecule has 0 saturated carbocycles. The molecule has 0 fully saturated rings. The van der Waals surface area contributed by atoms with Gasteiger partial charge in [0.1, 0.15) is 12.2 Å². The normalized spacial score (nSPS) is 16.9. The van der Waals surface area contributed by atoms with Crippen LogP contribution >= 0.6 is 0 Å². The first-order valence-electron chi connectivity index (χ1n) is 2.57. The Balaban J connectivity index is 3.72. The van der Waals surface area contributed by atoms with Gasteiger partial charge in [0.25, 0.3) is 0 Å². The molecule has 0 amide bonds. The van der Waals surface area contributed by atoms with Gasteiger partial charge in [-0.3, -0.25) is 4.79 Å². The van der Waals surface area contributed by atoms with Gasteiger partial charge in [-0.15, -0.1) is 0 Å². The van der Waals surface area contributed by atoms with Crippen LogP contribution in [0.3, 0.4) is 0 Å². The largest absolute Gasteiger partial charge is 0.394 e. The lowest BCUT2D eigenvalue weighted by Gasteiger charge is -2.10. The summed E-state index contributed by atoms with van der Waals surface area (Å²) in [5, 5.41) is 25.4. The van der Waals surface area contributed by atoms with Gasteiger partial charge in [-0.25, -0.2) is 0 Å². The minimum atomic E-state index is -1.45. The highest BCUT2D eigenvalue weighted by atomic mass is 16.4. The van der Waals surface area contributed by atoms with Crippen molar-refractivity contribution in [3.05, 3.63) is 0 Å². The molecule has 4 heteroatoms. The molecule has 0 aromatic carbocycles. The second-order valence-electron chi connectivity index (χ2n) is 1.81. The van der Waals surface area contributed by atoms with Crippen LogP contribution in [0.2, 0.25) is 0 Å². The molecule has 0 unspecified atom stereocenters. The Morgan fingerprint density at radius 2 is 2.00 bits per heavy atom. The third kappa shape index (κ3) is 2.55. The van der Waals surface area contributed by atoms with Crippen molar-refractivity contribution >= 4 is 5.78 Å². The van der Waals surface area contributed by atoms with E-state index in [-0.39, 0.29) is 0 Å². The predicted octanol–water partition coefficient (Wildman–Crippen LogP) is -1.71. The van der Waals surface area contributed by atoms with E-state index in [1.54, 1.807) is 0 Å². The number of aliphatic hydroxyl groups excluding tert-OH is 3. The zero-order valence-electron chi connectivity index (χ0n) is 5.11. The van der Waals surface area contributed by atoms with Gasteiger partial charge < -0.3 is 15.3 Å². The molecule has 0 spiro atoms. The first-order valence-corrected chi connectivity index (χ1v) is 2.57. The van der Waals surface area contributed by atoms with Crippen LogP contribution in [-0.2, 0) is 4.79 Å². The summed E-state index contributed by atoms with van der Waals surface area (Å²) in [6, 6.07) is 0. The van der Waals surface area contributed by atoms with Gasteiger partial charge >= 0.3 is 0 Å². The van der Waals surface area contributed by atoms with Crippen LogP contribution in [-0.4, -0.2) is 39.9 Å². The fourth-order valence-electron chi connectivity index (χ4n) is 0.371. The van der Waals surface area contributed by atoms with Crippen molar-refractivity contribution in [2.45, 2.75) is 19.1 Å². The van der Waals surface area contributed by atoms with Crippen molar-refractivity contribution in [2.75, 3.05) is 6.61 Å². The number of carbonyl (C=O) groups is 1. The van der Waals surface area contributed by atoms with Gasteiger partial charge in [0, 0.05) is 0 Å². The smallest absolute Gasteiger partial charge is 0.160 e. The van der Waals surface area contributed by atoms with Gasteiger partial charge in [-0.05, 0) is 6.92 Å². The first kappa shape index (κ1) is 8.55. The monoisotopic (exact) mass is 134 g/mol. The number of carbonyl (C=O) groups excluding carboxylic acids is 1. The summed E-state index contributed by atoms with van der Waals surface area (Å²) in [7, 11) is 0. The van der Waals surface area contributed by atoms with E-state index in [1.807, 2.05) is 0 Å². The average Bonchev–Trinajstić information content (AvgIpc) is 1.84. The minimum Gasteiger partial charge on any atom is -0.394 e. The van der Waals surface area contributed by atoms with Crippen LogP contribution in [0.5, 0.6) is 0 Å². The number of Topliss-reactive ketones (excluding diaryl/α,β-unsaturated/α-hetero) is 1. The molecule has 0 saturated heterocycles. The summed E-state index contributed by atoms with van der Waals surface area (Å²) in [5.41, 5.74) is 0. The molecule has 4 nitrogen and oxygen atoms in total. The molecule has 54 valence electrons. The maximum atomic E-state index is 10.2. The van der Waals surface area contributed by atoms with Crippen molar-refractivity contribution < 1.29 is 20.1 Å². The molecular formula is C5H10O4. The maximum Gasteiger partial charge on any atom is 0.160 e. The van der Waals surface area contributed by atoms with E-state index < -0.39 is 24.6 Å². The third-order valence-electron chi connectivity index (χ3n) is 0.968. The van der Waals surface area contributed by atoms with E-state index in [0.29, 0.717) is 0 Å². The summed E-state index contributed by atoms with van der Waals surface area (Å²) in [6.07, 6.45) is -2.79. The molecule has 0 bridgehead atoms. The predicted molar refractivity (Wildman–Crippen MR) is 29.8 cm³/mol. The van der Waals surface area contributed by atoms with E-state index in [1.165, 1.54) is 0 Å². The van der Waals surface area contributed by atoms with Gasteiger partial charge in [-0.1, -0.05) is 0 Å². The topological polar surface area (TPSA) is 77.8 Å². The molecule has 0 aromatic rings. The molecular weight excluding hydrogens is 124 g/mol. The minimum absolute atomic E-state index is 0.545. The molecule has 0 radical (unpaired) electrons. The van der Waals surface area contributed by atoms with E-state index in [9.17, 15) is 4.79 Å². The van der Waals surface area contributed by atoms with Crippen LogP contribution in [0.4, 0.5) is 0 Å². The second-order valence-corrected chi connectivity index (χ2v) is 1.81. The van der Waals surface area contributed by atoms with Gasteiger partial charge in [0.2, 0.25) is 0 Å². The molecule has 0 aliphatic heterocycles. The number of ketones is 1.